The van der Waals surface area contributed by atoms with Gasteiger partial charge in [-0.25, -0.2) is 13.6 Å². The van der Waals surface area contributed by atoms with E-state index in [2.05, 4.69) is 20.9 Å². The van der Waals surface area contributed by atoms with Crippen molar-refractivity contribution in [1.29, 1.82) is 0 Å². The fraction of sp³-hybridized carbons (Fsp3) is 0.500. The SMILES string of the molecule is CCNC(=NCCN1C(=O)CNC1=O)NC1CCN(c2c(F)cccc2F)C1. The molecule has 28 heavy (non-hydrogen) atoms. The number of hydrogen-bond donors (Lipinski definition) is 3. The summed E-state index contributed by atoms with van der Waals surface area (Å²) in [5.41, 5.74) is -0.00713. The second-order valence-electron chi connectivity index (χ2n) is 6.61. The molecule has 10 heteroatoms. The van der Waals surface area contributed by atoms with E-state index in [1.807, 2.05) is 6.92 Å². The second-order valence-corrected chi connectivity index (χ2v) is 6.61. The Morgan fingerprint density at radius 3 is 2.71 bits per heavy atom. The van der Waals surface area contributed by atoms with Gasteiger partial charge in [0.2, 0.25) is 5.91 Å². The highest BCUT2D eigenvalue weighted by molar-refractivity contribution is 6.01. The summed E-state index contributed by atoms with van der Waals surface area (Å²) in [6.07, 6.45) is 0.700. The van der Waals surface area contributed by atoms with E-state index in [1.54, 1.807) is 4.90 Å². The topological polar surface area (TPSA) is 89.1 Å². The zero-order valence-corrected chi connectivity index (χ0v) is 15.7. The summed E-state index contributed by atoms with van der Waals surface area (Å²) in [6, 6.07) is 3.41. The van der Waals surface area contributed by atoms with Crippen LogP contribution in [0.3, 0.4) is 0 Å². The van der Waals surface area contributed by atoms with Gasteiger partial charge in [-0.05, 0) is 25.5 Å². The lowest BCUT2D eigenvalue weighted by atomic mass is 10.2. The van der Waals surface area contributed by atoms with Gasteiger partial charge in [0, 0.05) is 25.7 Å². The number of amides is 3. The van der Waals surface area contributed by atoms with Crippen molar-refractivity contribution in [1.82, 2.24) is 20.9 Å². The zero-order valence-electron chi connectivity index (χ0n) is 15.7. The molecule has 2 aliphatic heterocycles. The molecule has 3 amide bonds. The Morgan fingerprint density at radius 2 is 2.07 bits per heavy atom. The lowest BCUT2D eigenvalue weighted by Crippen LogP contribution is -2.45. The van der Waals surface area contributed by atoms with E-state index < -0.39 is 17.7 Å². The molecule has 1 aromatic rings. The number of hydrogen-bond acceptors (Lipinski definition) is 4. The van der Waals surface area contributed by atoms with Crippen LogP contribution in [-0.4, -0.2) is 68.1 Å². The Bertz CT molecular complexity index is 736. The van der Waals surface area contributed by atoms with E-state index >= 15 is 0 Å². The van der Waals surface area contributed by atoms with Crippen LogP contribution in [0.15, 0.2) is 23.2 Å². The Balaban J connectivity index is 1.57. The van der Waals surface area contributed by atoms with Crippen molar-refractivity contribution in [2.45, 2.75) is 19.4 Å². The zero-order chi connectivity index (χ0) is 20.1. The van der Waals surface area contributed by atoms with Crippen LogP contribution in [0.4, 0.5) is 19.3 Å². The summed E-state index contributed by atoms with van der Waals surface area (Å²) in [6.45, 7) is 3.99. The second kappa shape index (κ2) is 8.85. The molecule has 1 aromatic carbocycles. The molecule has 0 aliphatic carbocycles. The first-order valence-corrected chi connectivity index (χ1v) is 9.31. The fourth-order valence-electron chi connectivity index (χ4n) is 3.33. The van der Waals surface area contributed by atoms with Crippen molar-refractivity contribution in [3.05, 3.63) is 29.8 Å². The molecule has 0 saturated carbocycles. The van der Waals surface area contributed by atoms with E-state index in [-0.39, 0.29) is 37.3 Å². The minimum Gasteiger partial charge on any atom is -0.365 e. The summed E-state index contributed by atoms with van der Waals surface area (Å²) in [4.78, 5) is 30.3. The first kappa shape index (κ1) is 19.8. The normalized spacial score (nSPS) is 20.0. The number of guanidine groups is 1. The molecular weight excluding hydrogens is 370 g/mol. The van der Waals surface area contributed by atoms with Gasteiger partial charge in [0.1, 0.15) is 17.3 Å². The van der Waals surface area contributed by atoms with Crippen LogP contribution >= 0.6 is 0 Å². The number of anilines is 1. The first-order chi connectivity index (χ1) is 13.5. The molecular formula is C18H24F2N6O2. The van der Waals surface area contributed by atoms with Crippen LogP contribution < -0.4 is 20.9 Å². The van der Waals surface area contributed by atoms with Crippen LogP contribution in [0.1, 0.15) is 13.3 Å². The molecule has 0 bridgehead atoms. The van der Waals surface area contributed by atoms with Crippen molar-refractivity contribution in [3.8, 4) is 0 Å². The monoisotopic (exact) mass is 394 g/mol. The molecule has 0 radical (unpaired) electrons. The molecule has 8 nitrogen and oxygen atoms in total. The lowest BCUT2D eigenvalue weighted by Gasteiger charge is -2.21. The number of aliphatic imine (C=N–C) groups is 1. The van der Waals surface area contributed by atoms with E-state index in [4.69, 9.17) is 0 Å². The van der Waals surface area contributed by atoms with Crippen molar-refractivity contribution in [3.63, 3.8) is 0 Å². The molecule has 2 fully saturated rings. The van der Waals surface area contributed by atoms with Gasteiger partial charge in [0.05, 0.1) is 19.6 Å². The largest absolute Gasteiger partial charge is 0.365 e. The van der Waals surface area contributed by atoms with E-state index in [9.17, 15) is 18.4 Å². The van der Waals surface area contributed by atoms with Crippen LogP contribution in [0, 0.1) is 11.6 Å². The maximum Gasteiger partial charge on any atom is 0.324 e. The van der Waals surface area contributed by atoms with Crippen LogP contribution in [0.5, 0.6) is 0 Å². The van der Waals surface area contributed by atoms with Crippen molar-refractivity contribution >= 4 is 23.6 Å². The number of nitrogens with one attached hydrogen (secondary N) is 3. The standard InChI is InChI=1S/C18H24F2N6O2/c1-2-21-17(22-7-9-26-15(27)10-23-18(26)28)24-12-6-8-25(11-12)16-13(19)4-3-5-14(16)20/h3-5,12H,2,6-11H2,1H3,(H,23,28)(H2,21,22,24). The Kier molecular flexibility index (Phi) is 6.27. The predicted octanol–water partition coefficient (Wildman–Crippen LogP) is 0.650. The quantitative estimate of drug-likeness (QED) is 0.375. The molecule has 2 heterocycles. The van der Waals surface area contributed by atoms with E-state index in [0.29, 0.717) is 32.0 Å². The molecule has 0 aromatic heterocycles. The lowest BCUT2D eigenvalue weighted by molar-refractivity contribution is -0.124. The summed E-state index contributed by atoms with van der Waals surface area (Å²) < 4.78 is 28.0. The molecule has 0 spiro atoms. The van der Waals surface area contributed by atoms with Gasteiger partial charge in [0.25, 0.3) is 0 Å². The van der Waals surface area contributed by atoms with E-state index in [0.717, 1.165) is 4.90 Å². The summed E-state index contributed by atoms with van der Waals surface area (Å²) in [5, 5.41) is 8.82. The fourth-order valence-corrected chi connectivity index (χ4v) is 3.33. The molecule has 3 N–H and O–H groups in total. The number of imide groups is 1. The Labute approximate surface area is 162 Å². The van der Waals surface area contributed by atoms with Crippen LogP contribution in [0.2, 0.25) is 0 Å². The number of carbonyl (C=O) groups is 2. The average Bonchev–Trinajstić information content (AvgIpc) is 3.23. The number of nitrogens with zero attached hydrogens (tertiary/aromatic N) is 3. The Morgan fingerprint density at radius 1 is 1.32 bits per heavy atom. The van der Waals surface area contributed by atoms with Gasteiger partial charge in [-0.3, -0.25) is 14.7 Å². The maximum absolute atomic E-state index is 14.0. The van der Waals surface area contributed by atoms with Gasteiger partial charge in [-0.15, -0.1) is 0 Å². The highest BCUT2D eigenvalue weighted by Crippen LogP contribution is 2.26. The predicted molar refractivity (Wildman–Crippen MR) is 101 cm³/mol. The number of halogens is 2. The third-order valence-corrected chi connectivity index (χ3v) is 4.66. The molecule has 152 valence electrons. The minimum atomic E-state index is -0.574. The molecule has 2 aliphatic rings. The van der Waals surface area contributed by atoms with Gasteiger partial charge >= 0.3 is 6.03 Å². The van der Waals surface area contributed by atoms with Crippen molar-refractivity contribution < 1.29 is 18.4 Å². The number of rotatable bonds is 6. The van der Waals surface area contributed by atoms with Gasteiger partial charge < -0.3 is 20.9 Å². The van der Waals surface area contributed by atoms with Crippen molar-refractivity contribution in [2.24, 2.45) is 4.99 Å². The van der Waals surface area contributed by atoms with Crippen molar-refractivity contribution in [2.75, 3.05) is 44.2 Å². The summed E-state index contributed by atoms with van der Waals surface area (Å²) in [7, 11) is 0. The van der Waals surface area contributed by atoms with Gasteiger partial charge in [-0.1, -0.05) is 6.07 Å². The number of para-hydroxylation sites is 1. The molecule has 1 atom stereocenters. The highest BCUT2D eigenvalue weighted by atomic mass is 19.1. The van der Waals surface area contributed by atoms with E-state index in [1.165, 1.54) is 18.2 Å². The summed E-state index contributed by atoms with van der Waals surface area (Å²) >= 11 is 0. The highest BCUT2D eigenvalue weighted by Gasteiger charge is 2.28. The number of benzene rings is 1. The number of urea groups is 1. The molecule has 3 rings (SSSR count). The first-order valence-electron chi connectivity index (χ1n) is 9.31. The minimum absolute atomic E-state index is 0.00713. The third-order valence-electron chi connectivity index (χ3n) is 4.66. The van der Waals surface area contributed by atoms with Crippen LogP contribution in [0.25, 0.3) is 0 Å². The average molecular weight is 394 g/mol. The molecule has 2 saturated heterocycles. The van der Waals surface area contributed by atoms with Crippen LogP contribution in [-0.2, 0) is 4.79 Å². The maximum atomic E-state index is 14.0. The smallest absolute Gasteiger partial charge is 0.324 e. The van der Waals surface area contributed by atoms with Gasteiger partial charge in [-0.2, -0.15) is 0 Å². The number of carbonyl (C=O) groups excluding carboxylic acids is 2. The van der Waals surface area contributed by atoms with Gasteiger partial charge in [0.15, 0.2) is 5.96 Å². The summed E-state index contributed by atoms with van der Waals surface area (Å²) in [5.74, 6) is -0.878. The molecule has 1 unspecified atom stereocenters. The Hall–Kier alpha value is -2.91. The third kappa shape index (κ3) is 4.49.